The zero-order valence-electron chi connectivity index (χ0n) is 9.45. The first-order valence-electron chi connectivity index (χ1n) is 5.16. The Labute approximate surface area is 105 Å². The number of hydrogen-bond donors (Lipinski definition) is 0. The van der Waals surface area contributed by atoms with E-state index in [1.807, 2.05) is 0 Å². The van der Waals surface area contributed by atoms with E-state index >= 15 is 0 Å². The summed E-state index contributed by atoms with van der Waals surface area (Å²) in [4.78, 5) is 32.4. The molecule has 0 heterocycles. The lowest BCUT2D eigenvalue weighted by Gasteiger charge is -2.03. The standard InChI is InChI=1S/C11H15ClO5/c1-2-7-16-10(14)5-6-11(15)17-8-3-4-9(12)13/h2H,1,3-8H2. The average Bonchev–Trinajstić information content (AvgIpc) is 2.29. The van der Waals surface area contributed by atoms with E-state index in [-0.39, 0.29) is 32.5 Å². The molecule has 0 radical (unpaired) electrons. The highest BCUT2D eigenvalue weighted by Gasteiger charge is 2.08. The summed E-state index contributed by atoms with van der Waals surface area (Å²) in [6.45, 7) is 3.64. The molecule has 0 bridgehead atoms. The SMILES string of the molecule is C=CCOC(=O)CCC(=O)OCCCC(=O)Cl. The van der Waals surface area contributed by atoms with Crippen LogP contribution in [0.2, 0.25) is 0 Å². The third kappa shape index (κ3) is 10.9. The number of esters is 2. The largest absolute Gasteiger partial charge is 0.466 e. The Bertz CT molecular complexity index is 288. The Kier molecular flexibility index (Phi) is 9.05. The van der Waals surface area contributed by atoms with Crippen molar-refractivity contribution in [3.8, 4) is 0 Å². The van der Waals surface area contributed by atoms with Gasteiger partial charge in [0.05, 0.1) is 19.4 Å². The highest BCUT2D eigenvalue weighted by Crippen LogP contribution is 1.99. The van der Waals surface area contributed by atoms with E-state index in [1.54, 1.807) is 0 Å². The van der Waals surface area contributed by atoms with Gasteiger partial charge in [0, 0.05) is 6.42 Å². The number of rotatable bonds is 9. The highest BCUT2D eigenvalue weighted by molar-refractivity contribution is 6.63. The summed E-state index contributed by atoms with van der Waals surface area (Å²) >= 11 is 5.10. The Balaban J connectivity index is 3.49. The van der Waals surface area contributed by atoms with Gasteiger partial charge in [0.15, 0.2) is 0 Å². The minimum Gasteiger partial charge on any atom is -0.466 e. The van der Waals surface area contributed by atoms with Crippen molar-refractivity contribution in [3.63, 3.8) is 0 Å². The van der Waals surface area contributed by atoms with Crippen LogP contribution in [0.15, 0.2) is 12.7 Å². The van der Waals surface area contributed by atoms with Gasteiger partial charge in [0.25, 0.3) is 0 Å². The zero-order chi connectivity index (χ0) is 13.1. The molecule has 6 heteroatoms. The van der Waals surface area contributed by atoms with Gasteiger partial charge in [-0.15, -0.1) is 0 Å². The Morgan fingerprint density at radius 1 is 1.06 bits per heavy atom. The Hall–Kier alpha value is -1.36. The molecule has 0 aliphatic carbocycles. The van der Waals surface area contributed by atoms with Gasteiger partial charge in [-0.05, 0) is 18.0 Å². The highest BCUT2D eigenvalue weighted by atomic mass is 35.5. The third-order valence-electron chi connectivity index (χ3n) is 1.68. The molecule has 0 amide bonds. The summed E-state index contributed by atoms with van der Waals surface area (Å²) in [7, 11) is 0. The molecular weight excluding hydrogens is 248 g/mol. The molecule has 0 aliphatic heterocycles. The van der Waals surface area contributed by atoms with E-state index in [0.717, 1.165) is 0 Å². The van der Waals surface area contributed by atoms with Crippen LogP contribution in [0.25, 0.3) is 0 Å². The molecule has 0 fully saturated rings. The molecule has 0 rings (SSSR count). The zero-order valence-corrected chi connectivity index (χ0v) is 10.2. The van der Waals surface area contributed by atoms with E-state index in [2.05, 4.69) is 11.3 Å². The fraction of sp³-hybridized carbons (Fsp3) is 0.545. The minimum absolute atomic E-state index is 0.0267. The van der Waals surface area contributed by atoms with Crippen molar-refractivity contribution < 1.29 is 23.9 Å². The Morgan fingerprint density at radius 3 is 2.18 bits per heavy atom. The number of hydrogen-bond acceptors (Lipinski definition) is 5. The molecular formula is C11H15ClO5. The number of carbonyl (C=O) groups is 3. The van der Waals surface area contributed by atoms with E-state index in [0.29, 0.717) is 6.42 Å². The number of carbonyl (C=O) groups excluding carboxylic acids is 3. The van der Waals surface area contributed by atoms with Crippen molar-refractivity contribution in [2.45, 2.75) is 25.7 Å². The number of ether oxygens (including phenoxy) is 2. The van der Waals surface area contributed by atoms with Crippen molar-refractivity contribution in [3.05, 3.63) is 12.7 Å². The lowest BCUT2D eigenvalue weighted by molar-refractivity contribution is -0.149. The smallest absolute Gasteiger partial charge is 0.306 e. The third-order valence-corrected chi connectivity index (χ3v) is 1.87. The quantitative estimate of drug-likeness (QED) is 0.273. The summed E-state index contributed by atoms with van der Waals surface area (Å²) < 4.78 is 9.44. The lowest BCUT2D eigenvalue weighted by Crippen LogP contribution is -2.11. The molecule has 0 unspecified atom stereocenters. The first-order valence-corrected chi connectivity index (χ1v) is 5.54. The maximum Gasteiger partial charge on any atom is 0.306 e. The summed E-state index contributed by atoms with van der Waals surface area (Å²) in [5.74, 6) is -0.972. The molecule has 0 saturated carbocycles. The fourth-order valence-corrected chi connectivity index (χ4v) is 1.03. The van der Waals surface area contributed by atoms with Crippen LogP contribution in [0.1, 0.15) is 25.7 Å². The summed E-state index contributed by atoms with van der Waals surface area (Å²) in [6, 6.07) is 0. The predicted octanol–water partition coefficient (Wildman–Crippen LogP) is 1.58. The van der Waals surface area contributed by atoms with E-state index in [9.17, 15) is 14.4 Å². The van der Waals surface area contributed by atoms with Crippen LogP contribution in [0.3, 0.4) is 0 Å². The van der Waals surface area contributed by atoms with Crippen molar-refractivity contribution in [1.29, 1.82) is 0 Å². The molecule has 0 aromatic rings. The molecule has 0 aromatic heterocycles. The van der Waals surface area contributed by atoms with Gasteiger partial charge >= 0.3 is 11.9 Å². The van der Waals surface area contributed by atoms with Crippen LogP contribution >= 0.6 is 11.6 Å². The monoisotopic (exact) mass is 262 g/mol. The first kappa shape index (κ1) is 15.6. The van der Waals surface area contributed by atoms with E-state index in [1.165, 1.54) is 6.08 Å². The number of halogens is 1. The minimum atomic E-state index is -0.498. The molecule has 0 spiro atoms. The van der Waals surface area contributed by atoms with Gasteiger partial charge in [-0.2, -0.15) is 0 Å². The van der Waals surface area contributed by atoms with Crippen LogP contribution in [-0.2, 0) is 23.9 Å². The lowest BCUT2D eigenvalue weighted by atomic mass is 10.3. The molecule has 0 saturated heterocycles. The maximum absolute atomic E-state index is 11.1. The van der Waals surface area contributed by atoms with Crippen molar-refractivity contribution in [1.82, 2.24) is 0 Å². The maximum atomic E-state index is 11.1. The summed E-state index contributed by atoms with van der Waals surface area (Å²) in [5.41, 5.74) is 0. The molecule has 0 aromatic carbocycles. The molecule has 0 aliphatic rings. The second-order valence-corrected chi connectivity index (χ2v) is 3.57. The van der Waals surface area contributed by atoms with Crippen molar-refractivity contribution in [2.75, 3.05) is 13.2 Å². The van der Waals surface area contributed by atoms with Crippen LogP contribution < -0.4 is 0 Å². The topological polar surface area (TPSA) is 69.7 Å². The van der Waals surface area contributed by atoms with Crippen LogP contribution in [-0.4, -0.2) is 30.4 Å². The van der Waals surface area contributed by atoms with Gasteiger partial charge in [-0.3, -0.25) is 14.4 Å². The average molecular weight is 263 g/mol. The summed E-state index contributed by atoms with van der Waals surface area (Å²) in [6.07, 6.45) is 1.93. The second kappa shape index (κ2) is 9.84. The second-order valence-electron chi connectivity index (χ2n) is 3.15. The molecule has 96 valence electrons. The summed E-state index contributed by atoms with van der Waals surface area (Å²) in [5, 5.41) is -0.464. The van der Waals surface area contributed by atoms with Crippen LogP contribution in [0.4, 0.5) is 0 Å². The Morgan fingerprint density at radius 2 is 1.65 bits per heavy atom. The van der Waals surface area contributed by atoms with Gasteiger partial charge in [-0.25, -0.2) is 0 Å². The normalized spacial score (nSPS) is 9.47. The van der Waals surface area contributed by atoms with Crippen molar-refractivity contribution >= 4 is 28.8 Å². The van der Waals surface area contributed by atoms with Crippen molar-refractivity contribution in [2.24, 2.45) is 0 Å². The van der Waals surface area contributed by atoms with Gasteiger partial charge in [0.1, 0.15) is 6.61 Å². The molecule has 0 atom stereocenters. The van der Waals surface area contributed by atoms with Gasteiger partial charge < -0.3 is 9.47 Å². The fourth-order valence-electron chi connectivity index (χ4n) is 0.897. The molecule has 5 nitrogen and oxygen atoms in total. The van der Waals surface area contributed by atoms with E-state index < -0.39 is 17.2 Å². The first-order chi connectivity index (χ1) is 8.06. The van der Waals surface area contributed by atoms with Gasteiger partial charge in [0.2, 0.25) is 5.24 Å². The van der Waals surface area contributed by atoms with E-state index in [4.69, 9.17) is 16.3 Å². The molecule has 0 N–H and O–H groups in total. The predicted molar refractivity (Wildman–Crippen MR) is 61.4 cm³/mol. The van der Waals surface area contributed by atoms with Crippen LogP contribution in [0.5, 0.6) is 0 Å². The van der Waals surface area contributed by atoms with Gasteiger partial charge in [-0.1, -0.05) is 12.7 Å². The molecule has 17 heavy (non-hydrogen) atoms. The van der Waals surface area contributed by atoms with Crippen LogP contribution in [0, 0.1) is 0 Å².